The van der Waals surface area contributed by atoms with Gasteiger partial charge in [-0.3, -0.25) is 9.69 Å². The molecule has 1 aliphatic heterocycles. The molecule has 0 N–H and O–H groups in total. The van der Waals surface area contributed by atoms with Gasteiger partial charge >= 0.3 is 0 Å². The van der Waals surface area contributed by atoms with Crippen LogP contribution in [0, 0.1) is 5.92 Å². The molecule has 1 saturated heterocycles. The highest BCUT2D eigenvalue weighted by atomic mass is 32.2. The second-order valence-corrected chi connectivity index (χ2v) is 7.51. The van der Waals surface area contributed by atoms with Gasteiger partial charge in [0.2, 0.25) is 0 Å². The molecule has 1 aromatic carbocycles. The van der Waals surface area contributed by atoms with E-state index in [4.69, 9.17) is 17.0 Å². The highest BCUT2D eigenvalue weighted by molar-refractivity contribution is 8.26. The van der Waals surface area contributed by atoms with Crippen molar-refractivity contribution in [3.8, 4) is 5.75 Å². The lowest BCUT2D eigenvalue weighted by molar-refractivity contribution is -0.311. The Balaban J connectivity index is 2.35. The van der Waals surface area contributed by atoms with Gasteiger partial charge in [0.05, 0.1) is 16.9 Å². The normalized spacial score (nSPS) is 18.1. The van der Waals surface area contributed by atoms with Crippen molar-refractivity contribution in [1.29, 1.82) is 0 Å². The number of carboxylic acid groups (broad SMARTS) is 1. The van der Waals surface area contributed by atoms with Gasteiger partial charge < -0.3 is 14.6 Å². The van der Waals surface area contributed by atoms with Gasteiger partial charge in [0.15, 0.2) is 0 Å². The molecule has 0 radical (unpaired) electrons. The quantitative estimate of drug-likeness (QED) is 0.386. The van der Waals surface area contributed by atoms with Crippen LogP contribution in [0.3, 0.4) is 0 Å². The number of ether oxygens (including phenoxy) is 1. The number of hydrogen-bond acceptors (Lipinski definition) is 6. The van der Waals surface area contributed by atoms with Crippen molar-refractivity contribution in [2.24, 2.45) is 5.92 Å². The zero-order valence-electron chi connectivity index (χ0n) is 14.6. The number of carbonyl (C=O) groups is 2. The fourth-order valence-corrected chi connectivity index (χ4v) is 3.88. The van der Waals surface area contributed by atoms with Crippen LogP contribution in [0.2, 0.25) is 0 Å². The zero-order chi connectivity index (χ0) is 19.3. The molecule has 1 aliphatic rings. The summed E-state index contributed by atoms with van der Waals surface area (Å²) in [6.07, 6.45) is 3.89. The van der Waals surface area contributed by atoms with E-state index in [1.807, 2.05) is 25.1 Å². The Kier molecular flexibility index (Phi) is 6.99. The van der Waals surface area contributed by atoms with Crippen LogP contribution >= 0.6 is 24.0 Å². The first kappa shape index (κ1) is 20.2. The highest BCUT2D eigenvalue weighted by Gasteiger charge is 2.39. The molecule has 1 aromatic rings. The summed E-state index contributed by atoms with van der Waals surface area (Å²) >= 11 is 6.35. The van der Waals surface area contributed by atoms with Gasteiger partial charge in [-0.1, -0.05) is 75.1 Å². The fraction of sp³-hybridized carbons (Fsp3) is 0.316. The second kappa shape index (κ2) is 9.00. The lowest BCUT2D eigenvalue weighted by Gasteiger charge is -2.32. The number of benzene rings is 1. The summed E-state index contributed by atoms with van der Waals surface area (Å²) in [5, 5.41) is 11.6. The molecule has 5 nitrogen and oxygen atoms in total. The molecule has 26 heavy (non-hydrogen) atoms. The average Bonchev–Trinajstić information content (AvgIpc) is 2.88. The van der Waals surface area contributed by atoms with Crippen molar-refractivity contribution in [2.45, 2.75) is 26.3 Å². The summed E-state index contributed by atoms with van der Waals surface area (Å²) in [5.41, 5.74) is 0.711. The Hall–Kier alpha value is -2.12. The Morgan fingerprint density at radius 1 is 1.46 bits per heavy atom. The Morgan fingerprint density at radius 2 is 2.15 bits per heavy atom. The molecule has 1 amide bonds. The van der Waals surface area contributed by atoms with E-state index in [1.54, 1.807) is 25.1 Å². The molecule has 1 fully saturated rings. The first-order valence-electron chi connectivity index (χ1n) is 8.21. The second-order valence-electron chi connectivity index (χ2n) is 5.84. The molecule has 0 bridgehead atoms. The molecule has 7 heteroatoms. The summed E-state index contributed by atoms with van der Waals surface area (Å²) in [6.45, 7) is 7.58. The van der Waals surface area contributed by atoms with Crippen LogP contribution in [0.15, 0.2) is 41.8 Å². The molecule has 0 saturated carbocycles. The van der Waals surface area contributed by atoms with Gasteiger partial charge in [-0.05, 0) is 18.1 Å². The molecule has 0 aromatic heterocycles. The van der Waals surface area contributed by atoms with E-state index in [0.29, 0.717) is 29.2 Å². The summed E-state index contributed by atoms with van der Waals surface area (Å²) in [5.74, 6) is -1.39. The molecular weight excluding hydrogens is 370 g/mol. The van der Waals surface area contributed by atoms with Crippen molar-refractivity contribution < 1.29 is 19.4 Å². The van der Waals surface area contributed by atoms with Gasteiger partial charge in [0, 0.05) is 5.56 Å². The number of nitrogens with zero attached hydrogens (tertiary/aromatic N) is 1. The molecule has 0 aliphatic carbocycles. The third kappa shape index (κ3) is 4.34. The summed E-state index contributed by atoms with van der Waals surface area (Å²) in [6, 6.07) is 6.19. The van der Waals surface area contributed by atoms with Crippen LogP contribution in [0.4, 0.5) is 0 Å². The van der Waals surface area contributed by atoms with Crippen LogP contribution in [-0.2, 0) is 9.59 Å². The number of para-hydroxylation sites is 1. The minimum Gasteiger partial charge on any atom is -0.548 e. The number of amides is 1. The van der Waals surface area contributed by atoms with E-state index in [1.165, 1.54) is 0 Å². The minimum absolute atomic E-state index is 0.222. The molecule has 0 unspecified atom stereocenters. The average molecular weight is 391 g/mol. The van der Waals surface area contributed by atoms with E-state index >= 15 is 0 Å². The third-order valence-electron chi connectivity index (χ3n) is 4.09. The zero-order valence-corrected chi connectivity index (χ0v) is 16.3. The maximum Gasteiger partial charge on any atom is 0.266 e. The number of hydrogen-bond donors (Lipinski definition) is 0. The van der Waals surface area contributed by atoms with E-state index in [2.05, 4.69) is 6.58 Å². The van der Waals surface area contributed by atoms with E-state index in [-0.39, 0.29) is 10.2 Å². The van der Waals surface area contributed by atoms with Crippen LogP contribution in [0.1, 0.15) is 25.8 Å². The molecular formula is C19H20NO4S2-. The number of thiocarbonyl (C=S) groups is 1. The van der Waals surface area contributed by atoms with Gasteiger partial charge in [-0.15, -0.1) is 0 Å². The number of carboxylic acids is 1. The molecule has 0 spiro atoms. The first-order chi connectivity index (χ1) is 12.4. The van der Waals surface area contributed by atoms with Gasteiger partial charge in [-0.25, -0.2) is 0 Å². The van der Waals surface area contributed by atoms with Gasteiger partial charge in [0.25, 0.3) is 5.91 Å². The van der Waals surface area contributed by atoms with Crippen LogP contribution in [0.25, 0.3) is 6.08 Å². The Morgan fingerprint density at radius 3 is 2.77 bits per heavy atom. The van der Waals surface area contributed by atoms with Crippen LogP contribution in [-0.4, -0.2) is 33.7 Å². The summed E-state index contributed by atoms with van der Waals surface area (Å²) in [7, 11) is 0. The monoisotopic (exact) mass is 390 g/mol. The smallest absolute Gasteiger partial charge is 0.266 e. The summed E-state index contributed by atoms with van der Waals surface area (Å²) < 4.78 is 5.82. The molecule has 1 heterocycles. The largest absolute Gasteiger partial charge is 0.548 e. The van der Waals surface area contributed by atoms with Crippen molar-refractivity contribution in [1.82, 2.24) is 4.90 Å². The van der Waals surface area contributed by atoms with Gasteiger partial charge in [-0.2, -0.15) is 0 Å². The third-order valence-corrected chi connectivity index (χ3v) is 5.42. The molecule has 2 atom stereocenters. The fourth-order valence-electron chi connectivity index (χ4n) is 2.56. The predicted octanol–water partition coefficient (Wildman–Crippen LogP) is 2.62. The van der Waals surface area contributed by atoms with Crippen molar-refractivity contribution in [3.05, 3.63) is 47.4 Å². The van der Waals surface area contributed by atoms with Crippen molar-refractivity contribution in [2.75, 3.05) is 6.61 Å². The number of thioether (sulfide) groups is 1. The molecule has 2 rings (SSSR count). The van der Waals surface area contributed by atoms with Crippen molar-refractivity contribution >= 4 is 46.3 Å². The first-order valence-corrected chi connectivity index (χ1v) is 9.43. The van der Waals surface area contributed by atoms with E-state index in [0.717, 1.165) is 16.7 Å². The Labute approximate surface area is 162 Å². The minimum atomic E-state index is -1.30. The number of rotatable bonds is 8. The predicted molar refractivity (Wildman–Crippen MR) is 105 cm³/mol. The van der Waals surface area contributed by atoms with Crippen LogP contribution in [0.5, 0.6) is 5.75 Å². The van der Waals surface area contributed by atoms with Crippen LogP contribution < -0.4 is 9.84 Å². The SMILES string of the molecule is C=CCOc1ccccc1/C=C1\SC(=S)N([C@H](C(=O)[O-])[C@H](C)CC)C1=O. The maximum atomic E-state index is 12.8. The highest BCUT2D eigenvalue weighted by Crippen LogP contribution is 2.36. The number of carbonyl (C=O) groups excluding carboxylic acids is 2. The molecule has 138 valence electrons. The van der Waals surface area contributed by atoms with E-state index < -0.39 is 17.9 Å². The lowest BCUT2D eigenvalue weighted by atomic mass is 9.98. The Bertz CT molecular complexity index is 760. The van der Waals surface area contributed by atoms with Gasteiger partial charge in [0.1, 0.15) is 16.7 Å². The summed E-state index contributed by atoms with van der Waals surface area (Å²) in [4.78, 5) is 25.9. The standard InChI is InChI=1S/C19H21NO4S2/c1-4-10-24-14-9-7-6-8-13(14)11-15-17(21)20(19(25)26-15)16(18(22)23)12(3)5-2/h4,6-9,11-12,16H,1,5,10H2,2-3H3,(H,22,23)/p-1/b15-11-/t12-,16+/m1/s1. The van der Waals surface area contributed by atoms with Crippen molar-refractivity contribution in [3.63, 3.8) is 0 Å². The lowest BCUT2D eigenvalue weighted by Crippen LogP contribution is -2.53. The maximum absolute atomic E-state index is 12.8. The van der Waals surface area contributed by atoms with E-state index in [9.17, 15) is 14.7 Å². The number of aliphatic carboxylic acids is 1. The topological polar surface area (TPSA) is 69.7 Å².